The van der Waals surface area contributed by atoms with Crippen LogP contribution in [0.5, 0.6) is 0 Å². The van der Waals surface area contributed by atoms with Crippen LogP contribution in [0.1, 0.15) is 18.2 Å². The molecule has 6 nitrogen and oxygen atoms in total. The van der Waals surface area contributed by atoms with Crippen molar-refractivity contribution < 1.29 is 9.21 Å². The number of hydrogen-bond donors (Lipinski definition) is 1. The molecule has 1 aromatic carbocycles. The quantitative estimate of drug-likeness (QED) is 0.340. The van der Waals surface area contributed by atoms with Gasteiger partial charge in [-0.05, 0) is 31.5 Å². The largest absolute Gasteiger partial charge is 0.467 e. The van der Waals surface area contributed by atoms with Crippen molar-refractivity contribution in [2.45, 2.75) is 32.1 Å². The molecule has 0 bridgehead atoms. The summed E-state index contributed by atoms with van der Waals surface area (Å²) in [5, 5.41) is 5.35. The molecule has 30 heavy (non-hydrogen) atoms. The minimum absolute atomic E-state index is 0.0654. The molecule has 3 heterocycles. The molecule has 0 spiro atoms. The molecule has 1 N–H and O–H groups in total. The van der Waals surface area contributed by atoms with Crippen molar-refractivity contribution in [1.82, 2.24) is 14.9 Å². The van der Waals surface area contributed by atoms with Crippen molar-refractivity contribution in [1.29, 1.82) is 0 Å². The van der Waals surface area contributed by atoms with E-state index in [-0.39, 0.29) is 17.2 Å². The van der Waals surface area contributed by atoms with Crippen LogP contribution in [0.4, 0.5) is 0 Å². The molecule has 0 saturated heterocycles. The van der Waals surface area contributed by atoms with Crippen molar-refractivity contribution in [3.8, 4) is 11.1 Å². The molecule has 0 aliphatic rings. The van der Waals surface area contributed by atoms with Crippen molar-refractivity contribution in [3.05, 3.63) is 69.7 Å². The standard InChI is InChI=1S/C22H21N3O3S2/c1-3-25-21(27)20-19(17(12-29-20)15-8-6-14(2)7-9-15)24-22(25)30-13-18(26)23-11-16-5-4-10-28-16/h4-10,12H,3,11,13H2,1-2H3,(H,23,26). The van der Waals surface area contributed by atoms with Gasteiger partial charge in [0.15, 0.2) is 5.16 Å². The molecule has 0 aliphatic heterocycles. The van der Waals surface area contributed by atoms with Crippen LogP contribution < -0.4 is 10.9 Å². The van der Waals surface area contributed by atoms with Gasteiger partial charge in [-0.25, -0.2) is 4.98 Å². The number of rotatable bonds is 7. The molecule has 4 rings (SSSR count). The molecule has 0 atom stereocenters. The SMILES string of the molecule is CCn1c(SCC(=O)NCc2ccco2)nc2c(-c3ccc(C)cc3)csc2c1=O. The molecule has 3 aromatic heterocycles. The third kappa shape index (κ3) is 4.20. The number of aromatic nitrogens is 2. The average Bonchev–Trinajstić information content (AvgIpc) is 3.41. The van der Waals surface area contributed by atoms with Gasteiger partial charge < -0.3 is 9.73 Å². The number of nitrogens with zero attached hydrogens (tertiary/aromatic N) is 2. The summed E-state index contributed by atoms with van der Waals surface area (Å²) in [5.74, 6) is 0.722. The second kappa shape index (κ2) is 8.89. The Kier molecular flexibility index (Phi) is 6.06. The van der Waals surface area contributed by atoms with E-state index in [9.17, 15) is 9.59 Å². The number of carbonyl (C=O) groups is 1. The van der Waals surface area contributed by atoms with E-state index in [2.05, 4.69) is 5.32 Å². The maximum absolute atomic E-state index is 13.0. The summed E-state index contributed by atoms with van der Waals surface area (Å²) in [6.07, 6.45) is 1.57. The van der Waals surface area contributed by atoms with Crippen LogP contribution in [0.25, 0.3) is 21.3 Å². The Bertz CT molecular complexity index is 1230. The number of hydrogen-bond acceptors (Lipinski definition) is 6. The van der Waals surface area contributed by atoms with Gasteiger partial charge >= 0.3 is 0 Å². The number of thiophene rings is 1. The number of thioether (sulfide) groups is 1. The molecule has 8 heteroatoms. The molecule has 4 aromatic rings. The average molecular weight is 440 g/mol. The van der Waals surface area contributed by atoms with Gasteiger partial charge in [-0.1, -0.05) is 41.6 Å². The van der Waals surface area contributed by atoms with Gasteiger partial charge in [-0.2, -0.15) is 0 Å². The Morgan fingerprint density at radius 3 is 2.77 bits per heavy atom. The molecular weight excluding hydrogens is 418 g/mol. The van der Waals surface area contributed by atoms with Gasteiger partial charge in [-0.15, -0.1) is 11.3 Å². The molecule has 0 aliphatic carbocycles. The Balaban J connectivity index is 1.60. The van der Waals surface area contributed by atoms with E-state index < -0.39 is 0 Å². The lowest BCUT2D eigenvalue weighted by Gasteiger charge is -2.10. The molecular formula is C22H21N3O3S2. The fraction of sp³-hybridized carbons (Fsp3) is 0.227. The highest BCUT2D eigenvalue weighted by Crippen LogP contribution is 2.32. The lowest BCUT2D eigenvalue weighted by molar-refractivity contribution is -0.118. The maximum atomic E-state index is 13.0. The van der Waals surface area contributed by atoms with Crippen LogP contribution in [0.3, 0.4) is 0 Å². The maximum Gasteiger partial charge on any atom is 0.272 e. The number of amides is 1. The first kappa shape index (κ1) is 20.4. The number of furan rings is 1. The van der Waals surface area contributed by atoms with E-state index >= 15 is 0 Å². The number of carbonyl (C=O) groups excluding carboxylic acids is 1. The zero-order valence-corrected chi connectivity index (χ0v) is 18.3. The predicted octanol–water partition coefficient (Wildman–Crippen LogP) is 4.45. The van der Waals surface area contributed by atoms with Crippen molar-refractivity contribution in [2.75, 3.05) is 5.75 Å². The van der Waals surface area contributed by atoms with Gasteiger partial charge in [0.05, 0.1) is 24.1 Å². The first-order chi connectivity index (χ1) is 14.6. The zero-order chi connectivity index (χ0) is 21.1. The third-order valence-corrected chi connectivity index (χ3v) is 6.63. The second-order valence-corrected chi connectivity index (χ2v) is 8.60. The van der Waals surface area contributed by atoms with Crippen LogP contribution in [-0.2, 0) is 17.9 Å². The molecule has 0 radical (unpaired) electrons. The monoisotopic (exact) mass is 439 g/mol. The third-order valence-electron chi connectivity index (χ3n) is 4.69. The summed E-state index contributed by atoms with van der Waals surface area (Å²) in [6, 6.07) is 11.8. The van der Waals surface area contributed by atoms with E-state index in [0.29, 0.717) is 34.2 Å². The van der Waals surface area contributed by atoms with E-state index in [1.54, 1.807) is 23.0 Å². The molecule has 154 valence electrons. The van der Waals surface area contributed by atoms with Crippen LogP contribution in [0.2, 0.25) is 0 Å². The summed E-state index contributed by atoms with van der Waals surface area (Å²) in [5.41, 5.74) is 3.78. The lowest BCUT2D eigenvalue weighted by Crippen LogP contribution is -2.26. The zero-order valence-electron chi connectivity index (χ0n) is 16.7. The van der Waals surface area contributed by atoms with Crippen molar-refractivity contribution in [3.63, 3.8) is 0 Å². The first-order valence-corrected chi connectivity index (χ1v) is 11.4. The summed E-state index contributed by atoms with van der Waals surface area (Å²) >= 11 is 2.68. The van der Waals surface area contributed by atoms with Crippen LogP contribution in [0, 0.1) is 6.92 Å². The minimum Gasteiger partial charge on any atom is -0.467 e. The summed E-state index contributed by atoms with van der Waals surface area (Å²) < 4.78 is 7.49. The fourth-order valence-electron chi connectivity index (χ4n) is 3.09. The van der Waals surface area contributed by atoms with Gasteiger partial charge in [0, 0.05) is 17.5 Å². The van der Waals surface area contributed by atoms with Gasteiger partial charge in [0.2, 0.25) is 5.91 Å². The Morgan fingerprint density at radius 2 is 2.07 bits per heavy atom. The minimum atomic E-state index is -0.141. The number of fused-ring (bicyclic) bond motifs is 1. The normalized spacial score (nSPS) is 11.1. The Hall–Kier alpha value is -2.84. The highest BCUT2D eigenvalue weighted by molar-refractivity contribution is 7.99. The van der Waals surface area contributed by atoms with Crippen molar-refractivity contribution in [2.24, 2.45) is 0 Å². The number of nitrogens with one attached hydrogen (secondary N) is 1. The highest BCUT2D eigenvalue weighted by Gasteiger charge is 2.17. The van der Waals surface area contributed by atoms with Crippen LogP contribution in [-0.4, -0.2) is 21.2 Å². The first-order valence-electron chi connectivity index (χ1n) is 9.57. The van der Waals surface area contributed by atoms with Gasteiger partial charge in [-0.3, -0.25) is 14.2 Å². The van der Waals surface area contributed by atoms with E-state index in [4.69, 9.17) is 9.40 Å². The Morgan fingerprint density at radius 1 is 1.27 bits per heavy atom. The number of benzene rings is 1. The predicted molar refractivity (Wildman–Crippen MR) is 121 cm³/mol. The van der Waals surface area contributed by atoms with E-state index in [0.717, 1.165) is 11.1 Å². The highest BCUT2D eigenvalue weighted by atomic mass is 32.2. The lowest BCUT2D eigenvalue weighted by atomic mass is 10.1. The van der Waals surface area contributed by atoms with E-state index in [1.807, 2.05) is 43.5 Å². The summed E-state index contributed by atoms with van der Waals surface area (Å²) in [6.45, 7) is 4.78. The summed E-state index contributed by atoms with van der Waals surface area (Å²) in [4.78, 5) is 30.0. The van der Waals surface area contributed by atoms with Crippen molar-refractivity contribution >= 4 is 39.2 Å². The molecule has 0 fully saturated rings. The van der Waals surface area contributed by atoms with E-state index in [1.165, 1.54) is 28.7 Å². The van der Waals surface area contributed by atoms with Crippen LogP contribution in [0.15, 0.2) is 62.4 Å². The Labute approximate surface area is 181 Å². The number of aryl methyl sites for hydroxylation is 1. The molecule has 0 unspecified atom stereocenters. The van der Waals surface area contributed by atoms with Crippen LogP contribution >= 0.6 is 23.1 Å². The molecule has 1 amide bonds. The van der Waals surface area contributed by atoms with Gasteiger partial charge in [0.1, 0.15) is 10.5 Å². The fourth-order valence-corrected chi connectivity index (χ4v) is 4.93. The molecule has 0 saturated carbocycles. The summed E-state index contributed by atoms with van der Waals surface area (Å²) in [7, 11) is 0. The topological polar surface area (TPSA) is 77.1 Å². The smallest absolute Gasteiger partial charge is 0.272 e. The second-order valence-electron chi connectivity index (χ2n) is 6.78. The van der Waals surface area contributed by atoms with Gasteiger partial charge in [0.25, 0.3) is 5.56 Å².